The average Bonchev–Trinajstić information content (AvgIpc) is 3.79. The summed E-state index contributed by atoms with van der Waals surface area (Å²) in [7, 11) is 0. The lowest BCUT2D eigenvalue weighted by Gasteiger charge is -2.29. The number of amides is 2. The molecule has 3 fully saturated rings. The molecular weight excluding hydrogens is 566 g/mol. The highest BCUT2D eigenvalue weighted by Gasteiger charge is 2.37. The zero-order chi connectivity index (χ0) is 31.9. The highest BCUT2D eigenvalue weighted by molar-refractivity contribution is 5.81. The van der Waals surface area contributed by atoms with Gasteiger partial charge in [-0.2, -0.15) is 0 Å². The molecule has 46 heavy (non-hydrogen) atoms. The summed E-state index contributed by atoms with van der Waals surface area (Å²) >= 11 is 0. The first-order valence-electron chi connectivity index (χ1n) is 17.0. The summed E-state index contributed by atoms with van der Waals surface area (Å²) in [6.45, 7) is 7.16. The second-order valence-electron chi connectivity index (χ2n) is 13.4. The third-order valence-corrected chi connectivity index (χ3v) is 9.83. The van der Waals surface area contributed by atoms with Crippen LogP contribution < -0.4 is 5.32 Å². The van der Waals surface area contributed by atoms with Gasteiger partial charge in [0.2, 0.25) is 11.8 Å². The first-order chi connectivity index (χ1) is 22.4. The maximum Gasteiger partial charge on any atom is 0.226 e. The molecule has 238 valence electrons. The second kappa shape index (κ2) is 14.9. The van der Waals surface area contributed by atoms with Crippen LogP contribution in [0.15, 0.2) is 109 Å². The van der Waals surface area contributed by atoms with E-state index >= 15 is 0 Å². The normalized spacial score (nSPS) is 22.9. The quantitative estimate of drug-likeness (QED) is 0.223. The van der Waals surface area contributed by atoms with Crippen molar-refractivity contribution in [2.75, 3.05) is 19.8 Å². The molecule has 4 aromatic carbocycles. The molecule has 2 amide bonds. The Bertz CT molecular complexity index is 1560. The van der Waals surface area contributed by atoms with E-state index in [9.17, 15) is 9.59 Å². The van der Waals surface area contributed by atoms with Crippen molar-refractivity contribution in [3.05, 3.63) is 120 Å². The fourth-order valence-electron chi connectivity index (χ4n) is 7.17. The fraction of sp³-hybridized carbons (Fsp3) is 0.366. The van der Waals surface area contributed by atoms with E-state index in [1.165, 1.54) is 46.2 Å². The van der Waals surface area contributed by atoms with E-state index in [0.717, 1.165) is 45.4 Å². The Labute approximate surface area is 274 Å². The topological polar surface area (TPSA) is 52.6 Å². The average molecular weight is 614 g/mol. The number of nitrogens with zero attached hydrogens (tertiary/aromatic N) is 2. The lowest BCUT2D eigenvalue weighted by molar-refractivity contribution is -0.133. The molecule has 4 aromatic rings. The van der Waals surface area contributed by atoms with Gasteiger partial charge in [-0.15, -0.1) is 0 Å². The SMILES string of the molecule is CC1C[C@@H](Cc2ccc(-c3ccccc3)cc2)N(CN2CCCC2)C1=O.CC1C[C@@H](Cc2ccc(-c3ccccc3)cc2)NC1=O. The molecule has 0 aromatic heterocycles. The van der Waals surface area contributed by atoms with E-state index in [4.69, 9.17) is 0 Å². The third-order valence-electron chi connectivity index (χ3n) is 9.83. The molecule has 5 heteroatoms. The standard InChI is InChI=1S/C23H28N2O.C18H19NO/c1-18-15-22(25(23(18)26)17-24-13-5-6-14-24)16-19-9-11-21(12-10-19)20-7-3-2-4-8-20;1-13-11-17(19-18(13)20)12-14-7-9-16(10-8-14)15-5-3-2-4-6-15/h2-4,7-12,18,22H,5-6,13-17H2,1H3;2-10,13,17H,11-12H2,1H3,(H,19,20)/t18?,22-;13?,17-/m00/s1. The van der Waals surface area contributed by atoms with Gasteiger partial charge in [0.15, 0.2) is 0 Å². The minimum Gasteiger partial charge on any atom is -0.353 e. The van der Waals surface area contributed by atoms with Gasteiger partial charge in [-0.3, -0.25) is 14.5 Å². The molecule has 7 rings (SSSR count). The summed E-state index contributed by atoms with van der Waals surface area (Å²) in [6.07, 6.45) is 6.34. The molecule has 3 heterocycles. The van der Waals surface area contributed by atoms with Gasteiger partial charge in [-0.25, -0.2) is 0 Å². The zero-order valence-corrected chi connectivity index (χ0v) is 27.3. The predicted molar refractivity (Wildman–Crippen MR) is 187 cm³/mol. The van der Waals surface area contributed by atoms with Gasteiger partial charge in [0, 0.05) is 23.9 Å². The monoisotopic (exact) mass is 613 g/mol. The Morgan fingerprint density at radius 2 is 1.11 bits per heavy atom. The molecule has 3 aliphatic heterocycles. The molecule has 0 saturated carbocycles. The number of nitrogens with one attached hydrogen (secondary N) is 1. The number of rotatable bonds is 8. The fourth-order valence-corrected chi connectivity index (χ4v) is 7.17. The molecular formula is C41H47N3O2. The van der Waals surface area contributed by atoms with Gasteiger partial charge >= 0.3 is 0 Å². The van der Waals surface area contributed by atoms with Crippen LogP contribution in [0.3, 0.4) is 0 Å². The van der Waals surface area contributed by atoms with Crippen molar-refractivity contribution in [1.82, 2.24) is 15.1 Å². The molecule has 0 bridgehead atoms. The van der Waals surface area contributed by atoms with Crippen LogP contribution in [0.1, 0.15) is 50.7 Å². The van der Waals surface area contributed by atoms with Crippen LogP contribution in [-0.2, 0) is 22.4 Å². The molecule has 1 N–H and O–H groups in total. The maximum atomic E-state index is 12.6. The number of hydrogen-bond acceptors (Lipinski definition) is 3. The van der Waals surface area contributed by atoms with Crippen LogP contribution in [0.4, 0.5) is 0 Å². The Hall–Kier alpha value is -4.22. The lowest BCUT2D eigenvalue weighted by atomic mass is 9.98. The van der Waals surface area contributed by atoms with Crippen LogP contribution in [0, 0.1) is 11.8 Å². The number of carbonyl (C=O) groups is 2. The molecule has 0 radical (unpaired) electrons. The molecule has 0 aliphatic carbocycles. The molecule has 0 spiro atoms. The van der Waals surface area contributed by atoms with Gasteiger partial charge in [0.25, 0.3) is 0 Å². The molecule has 3 saturated heterocycles. The minimum absolute atomic E-state index is 0.156. The lowest BCUT2D eigenvalue weighted by Crippen LogP contribution is -2.43. The zero-order valence-electron chi connectivity index (χ0n) is 27.3. The first kappa shape index (κ1) is 31.7. The van der Waals surface area contributed by atoms with Crippen molar-refractivity contribution in [3.63, 3.8) is 0 Å². The van der Waals surface area contributed by atoms with Gasteiger partial charge in [-0.05, 0) is 85.0 Å². The molecule has 3 aliphatic rings. The van der Waals surface area contributed by atoms with Crippen LogP contribution in [0.2, 0.25) is 0 Å². The summed E-state index contributed by atoms with van der Waals surface area (Å²) in [4.78, 5) is 28.7. The predicted octanol–water partition coefficient (Wildman–Crippen LogP) is 7.61. The number of hydrogen-bond donors (Lipinski definition) is 1. The summed E-state index contributed by atoms with van der Waals surface area (Å²) in [6, 6.07) is 39.0. The summed E-state index contributed by atoms with van der Waals surface area (Å²) in [5, 5.41) is 3.06. The van der Waals surface area contributed by atoms with Gasteiger partial charge < -0.3 is 10.2 Å². The van der Waals surface area contributed by atoms with Crippen molar-refractivity contribution in [2.45, 2.75) is 64.5 Å². The van der Waals surface area contributed by atoms with Gasteiger partial charge in [0.05, 0.1) is 6.67 Å². The van der Waals surface area contributed by atoms with E-state index in [1.807, 2.05) is 19.1 Å². The van der Waals surface area contributed by atoms with E-state index in [1.54, 1.807) is 0 Å². The van der Waals surface area contributed by atoms with Gasteiger partial charge in [0.1, 0.15) is 0 Å². The molecule has 2 unspecified atom stereocenters. The molecule has 5 nitrogen and oxygen atoms in total. The van der Waals surface area contributed by atoms with Crippen LogP contribution in [0.5, 0.6) is 0 Å². The van der Waals surface area contributed by atoms with Crippen LogP contribution in [-0.4, -0.2) is 53.5 Å². The number of carbonyl (C=O) groups excluding carboxylic acids is 2. The van der Waals surface area contributed by atoms with Gasteiger partial charge in [-0.1, -0.05) is 123 Å². The van der Waals surface area contributed by atoms with E-state index in [0.29, 0.717) is 18.0 Å². The third kappa shape index (κ3) is 7.94. The highest BCUT2D eigenvalue weighted by Crippen LogP contribution is 2.29. The Kier molecular flexibility index (Phi) is 10.3. The number of benzene rings is 4. The Morgan fingerprint density at radius 3 is 1.61 bits per heavy atom. The van der Waals surface area contributed by atoms with E-state index in [-0.39, 0.29) is 17.7 Å². The van der Waals surface area contributed by atoms with Crippen LogP contribution >= 0.6 is 0 Å². The summed E-state index contributed by atoms with van der Waals surface area (Å²) in [5.74, 6) is 0.841. The van der Waals surface area contributed by atoms with E-state index in [2.05, 4.69) is 119 Å². The minimum atomic E-state index is 0.156. The Morgan fingerprint density at radius 1 is 0.609 bits per heavy atom. The highest BCUT2D eigenvalue weighted by atomic mass is 16.2. The number of likely N-dealkylation sites (tertiary alicyclic amines) is 2. The largest absolute Gasteiger partial charge is 0.353 e. The van der Waals surface area contributed by atoms with Crippen molar-refractivity contribution in [3.8, 4) is 22.3 Å². The Balaban J connectivity index is 0.000000167. The smallest absolute Gasteiger partial charge is 0.226 e. The van der Waals surface area contributed by atoms with Crippen molar-refractivity contribution >= 4 is 11.8 Å². The van der Waals surface area contributed by atoms with Crippen molar-refractivity contribution in [2.24, 2.45) is 11.8 Å². The summed E-state index contributed by atoms with van der Waals surface area (Å²) < 4.78 is 0. The molecule has 4 atom stereocenters. The van der Waals surface area contributed by atoms with Crippen LogP contribution in [0.25, 0.3) is 22.3 Å². The van der Waals surface area contributed by atoms with Crippen molar-refractivity contribution in [1.29, 1.82) is 0 Å². The first-order valence-corrected chi connectivity index (χ1v) is 17.0. The van der Waals surface area contributed by atoms with E-state index < -0.39 is 0 Å². The second-order valence-corrected chi connectivity index (χ2v) is 13.4. The maximum absolute atomic E-state index is 12.6. The summed E-state index contributed by atoms with van der Waals surface area (Å²) in [5.41, 5.74) is 7.57. The van der Waals surface area contributed by atoms with Crippen molar-refractivity contribution < 1.29 is 9.59 Å².